The lowest BCUT2D eigenvalue weighted by Gasteiger charge is -2.37. The van der Waals surface area contributed by atoms with Gasteiger partial charge >= 0.3 is 0 Å². The molecule has 1 heterocycles. The number of hydrogen-bond acceptors (Lipinski definition) is 4. The number of ether oxygens (including phenoxy) is 1. The number of methoxy groups -OCH3 is 1. The molecule has 1 saturated heterocycles. The second kappa shape index (κ2) is 8.51. The zero-order valence-corrected chi connectivity index (χ0v) is 16.4. The molecule has 1 aliphatic rings. The SMILES string of the molecule is COc1ccc(C(C#N)N2CCN(C(=O)c3ccc(F)cc3Br)CC2)cc1. The Labute approximate surface area is 166 Å². The van der Waals surface area contributed by atoms with Crippen molar-refractivity contribution < 1.29 is 13.9 Å². The summed E-state index contributed by atoms with van der Waals surface area (Å²) in [5.74, 6) is 0.217. The molecular weight excluding hydrogens is 413 g/mol. The highest BCUT2D eigenvalue weighted by atomic mass is 79.9. The van der Waals surface area contributed by atoms with Gasteiger partial charge < -0.3 is 9.64 Å². The average Bonchev–Trinajstić information content (AvgIpc) is 2.69. The molecule has 1 amide bonds. The third-order valence-electron chi connectivity index (χ3n) is 4.68. The van der Waals surface area contributed by atoms with E-state index in [2.05, 4.69) is 26.9 Å². The maximum atomic E-state index is 13.2. The smallest absolute Gasteiger partial charge is 0.255 e. The molecule has 0 bridgehead atoms. The van der Waals surface area contributed by atoms with Gasteiger partial charge in [-0.1, -0.05) is 12.1 Å². The van der Waals surface area contributed by atoms with Gasteiger partial charge in [-0.2, -0.15) is 5.26 Å². The van der Waals surface area contributed by atoms with Crippen LogP contribution in [0.4, 0.5) is 4.39 Å². The molecule has 5 nitrogen and oxygen atoms in total. The minimum atomic E-state index is -0.389. The third kappa shape index (κ3) is 4.29. The summed E-state index contributed by atoms with van der Waals surface area (Å²) in [5.41, 5.74) is 1.34. The van der Waals surface area contributed by atoms with Gasteiger partial charge in [-0.25, -0.2) is 4.39 Å². The van der Waals surface area contributed by atoms with E-state index in [-0.39, 0.29) is 17.8 Å². The Kier molecular flexibility index (Phi) is 6.09. The van der Waals surface area contributed by atoms with Crippen LogP contribution in [0, 0.1) is 17.1 Å². The van der Waals surface area contributed by atoms with Crippen LogP contribution < -0.4 is 4.74 Å². The molecule has 2 aromatic carbocycles. The van der Waals surface area contributed by atoms with Crippen molar-refractivity contribution in [2.45, 2.75) is 6.04 Å². The third-order valence-corrected chi connectivity index (χ3v) is 5.34. The Morgan fingerprint density at radius 2 is 1.85 bits per heavy atom. The van der Waals surface area contributed by atoms with E-state index in [4.69, 9.17) is 4.74 Å². The number of halogens is 2. The van der Waals surface area contributed by atoms with Crippen LogP contribution >= 0.6 is 15.9 Å². The minimum Gasteiger partial charge on any atom is -0.497 e. The fourth-order valence-electron chi connectivity index (χ4n) is 3.17. The maximum Gasteiger partial charge on any atom is 0.255 e. The van der Waals surface area contributed by atoms with E-state index in [1.807, 2.05) is 24.3 Å². The monoisotopic (exact) mass is 431 g/mol. The van der Waals surface area contributed by atoms with Gasteiger partial charge in [-0.3, -0.25) is 9.69 Å². The molecule has 0 aliphatic carbocycles. The van der Waals surface area contributed by atoms with Crippen LogP contribution in [0.25, 0.3) is 0 Å². The zero-order valence-electron chi connectivity index (χ0n) is 14.9. The molecule has 1 aliphatic heterocycles. The van der Waals surface area contributed by atoms with Gasteiger partial charge in [0.05, 0.1) is 18.7 Å². The first-order valence-electron chi connectivity index (χ1n) is 8.55. The Balaban J connectivity index is 1.66. The van der Waals surface area contributed by atoms with Crippen molar-refractivity contribution in [3.8, 4) is 11.8 Å². The molecule has 0 spiro atoms. The highest BCUT2D eigenvalue weighted by Crippen LogP contribution is 2.25. The lowest BCUT2D eigenvalue weighted by Crippen LogP contribution is -2.49. The molecule has 2 aromatic rings. The molecule has 3 rings (SSSR count). The van der Waals surface area contributed by atoms with Gasteiger partial charge in [0.15, 0.2) is 0 Å². The molecule has 27 heavy (non-hydrogen) atoms. The van der Waals surface area contributed by atoms with Gasteiger partial charge in [-0.05, 0) is 51.8 Å². The lowest BCUT2D eigenvalue weighted by molar-refractivity contribution is 0.0605. The van der Waals surface area contributed by atoms with Gasteiger partial charge in [0.2, 0.25) is 0 Å². The van der Waals surface area contributed by atoms with E-state index in [0.29, 0.717) is 36.2 Å². The second-order valence-corrected chi connectivity index (χ2v) is 7.11. The van der Waals surface area contributed by atoms with Crippen molar-refractivity contribution >= 4 is 21.8 Å². The first kappa shape index (κ1) is 19.3. The molecule has 0 aromatic heterocycles. The molecule has 0 radical (unpaired) electrons. The molecule has 1 fully saturated rings. The summed E-state index contributed by atoms with van der Waals surface area (Å²) in [7, 11) is 1.60. The number of piperazine rings is 1. The van der Waals surface area contributed by atoms with E-state index in [9.17, 15) is 14.4 Å². The topological polar surface area (TPSA) is 56.6 Å². The molecular formula is C20H19BrFN3O2. The predicted molar refractivity (Wildman–Crippen MR) is 103 cm³/mol. The van der Waals surface area contributed by atoms with Crippen LogP contribution in [0.2, 0.25) is 0 Å². The fourth-order valence-corrected chi connectivity index (χ4v) is 3.69. The number of nitriles is 1. The normalized spacial score (nSPS) is 15.9. The molecule has 1 unspecified atom stereocenters. The summed E-state index contributed by atoms with van der Waals surface area (Å²) < 4.78 is 18.8. The van der Waals surface area contributed by atoms with E-state index in [0.717, 1.165) is 11.3 Å². The highest BCUT2D eigenvalue weighted by molar-refractivity contribution is 9.10. The van der Waals surface area contributed by atoms with Crippen molar-refractivity contribution in [2.75, 3.05) is 33.3 Å². The first-order chi connectivity index (χ1) is 13.0. The predicted octanol–water partition coefficient (Wildman–Crippen LogP) is 3.62. The number of rotatable bonds is 4. The van der Waals surface area contributed by atoms with Crippen LogP contribution in [0.5, 0.6) is 5.75 Å². The lowest BCUT2D eigenvalue weighted by atomic mass is 10.1. The number of benzene rings is 2. The number of hydrogen-bond donors (Lipinski definition) is 0. The van der Waals surface area contributed by atoms with Crippen LogP contribution in [-0.4, -0.2) is 49.0 Å². The average molecular weight is 432 g/mol. The van der Waals surface area contributed by atoms with Gasteiger partial charge in [0, 0.05) is 30.7 Å². The maximum absolute atomic E-state index is 13.2. The van der Waals surface area contributed by atoms with Crippen molar-refractivity contribution in [1.82, 2.24) is 9.80 Å². The van der Waals surface area contributed by atoms with Gasteiger partial charge in [-0.15, -0.1) is 0 Å². The standard InChI is InChI=1S/C20H19BrFN3O2/c1-27-16-5-2-14(3-6-16)19(13-23)24-8-10-25(11-9-24)20(26)17-7-4-15(22)12-18(17)21/h2-7,12,19H,8-11H2,1H3. The summed E-state index contributed by atoms with van der Waals surface area (Å²) in [6.07, 6.45) is 0. The summed E-state index contributed by atoms with van der Waals surface area (Å²) in [6.45, 7) is 2.21. The van der Waals surface area contributed by atoms with Crippen LogP contribution in [0.1, 0.15) is 22.0 Å². The van der Waals surface area contributed by atoms with Crippen molar-refractivity contribution in [3.05, 3.63) is 63.9 Å². The quantitative estimate of drug-likeness (QED) is 0.741. The molecule has 140 valence electrons. The van der Waals surface area contributed by atoms with E-state index in [1.165, 1.54) is 18.2 Å². The van der Waals surface area contributed by atoms with E-state index >= 15 is 0 Å². The number of carbonyl (C=O) groups is 1. The number of amides is 1. The van der Waals surface area contributed by atoms with Gasteiger partial charge in [0.25, 0.3) is 5.91 Å². The van der Waals surface area contributed by atoms with Crippen molar-refractivity contribution in [1.29, 1.82) is 5.26 Å². The summed E-state index contributed by atoms with van der Waals surface area (Å²) in [5, 5.41) is 9.63. The minimum absolute atomic E-state index is 0.139. The Hall–Kier alpha value is -2.43. The Morgan fingerprint density at radius 3 is 2.41 bits per heavy atom. The molecule has 0 N–H and O–H groups in total. The summed E-state index contributed by atoms with van der Waals surface area (Å²) in [4.78, 5) is 16.5. The summed E-state index contributed by atoms with van der Waals surface area (Å²) in [6, 6.07) is 13.5. The highest BCUT2D eigenvalue weighted by Gasteiger charge is 2.28. The largest absolute Gasteiger partial charge is 0.497 e. The molecule has 1 atom stereocenters. The second-order valence-electron chi connectivity index (χ2n) is 6.26. The number of carbonyl (C=O) groups excluding carboxylic acids is 1. The van der Waals surface area contributed by atoms with Crippen LogP contribution in [0.15, 0.2) is 46.9 Å². The first-order valence-corrected chi connectivity index (χ1v) is 9.34. The van der Waals surface area contributed by atoms with Crippen molar-refractivity contribution in [2.24, 2.45) is 0 Å². The molecule has 7 heteroatoms. The Morgan fingerprint density at radius 1 is 1.19 bits per heavy atom. The fraction of sp³-hybridized carbons (Fsp3) is 0.300. The van der Waals surface area contributed by atoms with Crippen LogP contribution in [0.3, 0.4) is 0 Å². The summed E-state index contributed by atoms with van der Waals surface area (Å²) >= 11 is 3.25. The van der Waals surface area contributed by atoms with E-state index < -0.39 is 0 Å². The zero-order chi connectivity index (χ0) is 19.4. The van der Waals surface area contributed by atoms with Crippen LogP contribution in [-0.2, 0) is 0 Å². The number of nitrogens with zero attached hydrogens (tertiary/aromatic N) is 3. The van der Waals surface area contributed by atoms with E-state index in [1.54, 1.807) is 12.0 Å². The van der Waals surface area contributed by atoms with Crippen molar-refractivity contribution in [3.63, 3.8) is 0 Å². The van der Waals surface area contributed by atoms with Gasteiger partial charge in [0.1, 0.15) is 17.6 Å². The Bertz CT molecular complexity index is 859. The molecule has 0 saturated carbocycles.